The summed E-state index contributed by atoms with van der Waals surface area (Å²) < 4.78 is 49.8. The molecule has 0 saturated carbocycles. The molecule has 0 aromatic heterocycles. The Labute approximate surface area is 276 Å². The molecule has 6 rings (SSSR count). The minimum Gasteiger partial charge on any atom is -0.442 e. The number of nitrogens with one attached hydrogen (secondary N) is 2. The molecule has 14 nitrogen and oxygen atoms in total. The van der Waals surface area contributed by atoms with E-state index in [-0.39, 0.29) is 49.6 Å². The van der Waals surface area contributed by atoms with Gasteiger partial charge in [0.1, 0.15) is 23.8 Å². The summed E-state index contributed by atoms with van der Waals surface area (Å²) in [7, 11) is 0. The molecule has 2 aromatic rings. The van der Waals surface area contributed by atoms with Crippen molar-refractivity contribution in [2.45, 2.75) is 26.1 Å². The zero-order chi connectivity index (χ0) is 34.2. The van der Waals surface area contributed by atoms with Crippen LogP contribution >= 0.6 is 0 Å². The van der Waals surface area contributed by atoms with Crippen molar-refractivity contribution in [1.82, 2.24) is 10.6 Å². The van der Waals surface area contributed by atoms with Gasteiger partial charge in [0.05, 0.1) is 75.4 Å². The van der Waals surface area contributed by atoms with Gasteiger partial charge in [0, 0.05) is 40.0 Å². The Morgan fingerprint density at radius 2 is 1.06 bits per heavy atom. The van der Waals surface area contributed by atoms with Crippen LogP contribution in [0.4, 0.5) is 41.1 Å². The summed E-state index contributed by atoms with van der Waals surface area (Å²) in [4.78, 5) is 52.4. The van der Waals surface area contributed by atoms with Gasteiger partial charge in [-0.05, 0) is 36.4 Å². The number of carbonyl (C=O) groups is 4. The van der Waals surface area contributed by atoms with Crippen molar-refractivity contribution in [2.75, 3.05) is 98.4 Å². The SMILES string of the molecule is CC(=O)NC[C@H]1CN(c2ccc(N3CCOCC3)c(F)c2)C(=O)O1.CC(=O)NC[C@H]1CN(c2ccc(N3CCOCC3)c(F)c2)C(=O)O1. The molecule has 0 aliphatic carbocycles. The van der Waals surface area contributed by atoms with E-state index in [0.717, 1.165) is 0 Å². The lowest BCUT2D eigenvalue weighted by molar-refractivity contribution is -0.120. The van der Waals surface area contributed by atoms with Crippen molar-refractivity contribution in [1.29, 1.82) is 0 Å². The molecule has 0 unspecified atom stereocenters. The molecule has 4 aliphatic heterocycles. The maximum atomic E-state index is 14.4. The van der Waals surface area contributed by atoms with Crippen molar-refractivity contribution < 1.29 is 46.9 Å². The number of benzene rings is 2. The van der Waals surface area contributed by atoms with Gasteiger partial charge < -0.3 is 39.4 Å². The number of nitrogens with zero attached hydrogens (tertiary/aromatic N) is 4. The monoisotopic (exact) mass is 674 g/mol. The fourth-order valence-electron chi connectivity index (χ4n) is 5.64. The Morgan fingerprint density at radius 3 is 1.40 bits per heavy atom. The number of rotatable bonds is 8. The highest BCUT2D eigenvalue weighted by molar-refractivity contribution is 5.91. The van der Waals surface area contributed by atoms with E-state index in [4.69, 9.17) is 18.9 Å². The van der Waals surface area contributed by atoms with Crippen LogP contribution in [0, 0.1) is 11.6 Å². The second kappa shape index (κ2) is 15.9. The molecule has 4 aliphatic rings. The molecule has 0 spiro atoms. The van der Waals surface area contributed by atoms with E-state index in [0.29, 0.717) is 75.4 Å². The van der Waals surface area contributed by atoms with Crippen LogP contribution < -0.4 is 30.2 Å². The van der Waals surface area contributed by atoms with Crippen LogP contribution in [-0.4, -0.2) is 115 Å². The summed E-state index contributed by atoms with van der Waals surface area (Å²) in [6.45, 7) is 8.68. The average Bonchev–Trinajstić information content (AvgIpc) is 3.65. The molecule has 48 heavy (non-hydrogen) atoms. The predicted molar refractivity (Wildman–Crippen MR) is 171 cm³/mol. The van der Waals surface area contributed by atoms with E-state index < -0.39 is 24.4 Å². The average molecular weight is 675 g/mol. The standard InChI is InChI=1S/2C16H20FN3O4/c2*1-11(21)18-9-13-10-20(16(22)24-13)12-2-3-15(14(17)8-12)19-4-6-23-7-5-19/h2*2-3,8,13H,4-7,9-10H2,1H3,(H,18,21)/t2*13-/m00/s1. The van der Waals surface area contributed by atoms with Gasteiger partial charge in [0.2, 0.25) is 11.8 Å². The maximum absolute atomic E-state index is 14.4. The van der Waals surface area contributed by atoms with E-state index in [1.54, 1.807) is 24.3 Å². The second-order valence-electron chi connectivity index (χ2n) is 11.6. The molecular weight excluding hydrogens is 634 g/mol. The number of carbonyl (C=O) groups excluding carboxylic acids is 4. The molecule has 2 atom stereocenters. The van der Waals surface area contributed by atoms with Gasteiger partial charge in [-0.15, -0.1) is 0 Å². The normalized spacial score (nSPS) is 20.9. The van der Waals surface area contributed by atoms with Crippen LogP contribution in [0.25, 0.3) is 0 Å². The van der Waals surface area contributed by atoms with Gasteiger partial charge >= 0.3 is 12.2 Å². The number of amides is 4. The molecule has 2 aromatic carbocycles. The molecule has 4 saturated heterocycles. The summed E-state index contributed by atoms with van der Waals surface area (Å²) in [6, 6.07) is 9.43. The lowest BCUT2D eigenvalue weighted by atomic mass is 10.2. The van der Waals surface area contributed by atoms with Crippen LogP contribution in [0.5, 0.6) is 0 Å². The van der Waals surface area contributed by atoms with Crippen LogP contribution in [0.3, 0.4) is 0 Å². The van der Waals surface area contributed by atoms with E-state index in [1.807, 2.05) is 9.80 Å². The van der Waals surface area contributed by atoms with E-state index in [2.05, 4.69) is 10.6 Å². The first-order chi connectivity index (χ1) is 23.1. The third kappa shape index (κ3) is 8.80. The van der Waals surface area contributed by atoms with Crippen LogP contribution in [0.15, 0.2) is 36.4 Å². The zero-order valence-electron chi connectivity index (χ0n) is 26.9. The van der Waals surface area contributed by atoms with E-state index in [9.17, 15) is 28.0 Å². The first-order valence-electron chi connectivity index (χ1n) is 15.8. The molecule has 16 heteroatoms. The molecular formula is C32H40F2N6O8. The molecule has 260 valence electrons. The van der Waals surface area contributed by atoms with Crippen molar-refractivity contribution in [2.24, 2.45) is 0 Å². The minimum absolute atomic E-state index is 0.189. The Morgan fingerprint density at radius 1 is 0.688 bits per heavy atom. The molecule has 4 heterocycles. The van der Waals surface area contributed by atoms with Crippen LogP contribution in [0.1, 0.15) is 13.8 Å². The van der Waals surface area contributed by atoms with Gasteiger partial charge in [-0.2, -0.15) is 0 Å². The molecule has 0 radical (unpaired) electrons. The predicted octanol–water partition coefficient (Wildman–Crippen LogP) is 2.25. The topological polar surface area (TPSA) is 142 Å². The zero-order valence-corrected chi connectivity index (χ0v) is 26.9. The summed E-state index contributed by atoms with van der Waals surface area (Å²) in [5.74, 6) is -1.14. The van der Waals surface area contributed by atoms with Crippen molar-refractivity contribution >= 4 is 46.8 Å². The fraction of sp³-hybridized carbons (Fsp3) is 0.500. The lowest BCUT2D eigenvalue weighted by Gasteiger charge is -2.29. The fourth-order valence-corrected chi connectivity index (χ4v) is 5.64. The smallest absolute Gasteiger partial charge is 0.414 e. The van der Waals surface area contributed by atoms with Crippen molar-refractivity contribution in [3.05, 3.63) is 48.0 Å². The van der Waals surface area contributed by atoms with Gasteiger partial charge in [-0.3, -0.25) is 19.4 Å². The quantitative estimate of drug-likeness (QED) is 0.428. The number of ether oxygens (including phenoxy) is 4. The number of hydrogen-bond acceptors (Lipinski definition) is 10. The molecule has 4 amide bonds. The number of cyclic esters (lactones) is 2. The number of hydrogen-bond donors (Lipinski definition) is 2. The lowest BCUT2D eigenvalue weighted by Crippen LogP contribution is -2.36. The van der Waals surface area contributed by atoms with E-state index >= 15 is 0 Å². The van der Waals surface area contributed by atoms with Crippen LogP contribution in [-0.2, 0) is 28.5 Å². The number of halogens is 2. The first kappa shape index (κ1) is 34.6. The minimum atomic E-state index is -0.538. The molecule has 2 N–H and O–H groups in total. The van der Waals surface area contributed by atoms with Crippen LogP contribution in [0.2, 0.25) is 0 Å². The van der Waals surface area contributed by atoms with Gasteiger partial charge in [-0.1, -0.05) is 0 Å². The maximum Gasteiger partial charge on any atom is 0.414 e. The second-order valence-corrected chi connectivity index (χ2v) is 11.6. The van der Waals surface area contributed by atoms with Crippen molar-refractivity contribution in [3.63, 3.8) is 0 Å². The van der Waals surface area contributed by atoms with Gasteiger partial charge in [0.15, 0.2) is 0 Å². The highest BCUT2D eigenvalue weighted by atomic mass is 19.1. The largest absolute Gasteiger partial charge is 0.442 e. The number of anilines is 4. The Kier molecular flexibility index (Phi) is 11.5. The summed E-state index contributed by atoms with van der Waals surface area (Å²) >= 11 is 0. The highest BCUT2D eigenvalue weighted by Gasteiger charge is 2.34. The van der Waals surface area contributed by atoms with Gasteiger partial charge in [0.25, 0.3) is 0 Å². The molecule has 4 fully saturated rings. The first-order valence-corrected chi connectivity index (χ1v) is 15.8. The van der Waals surface area contributed by atoms with E-state index in [1.165, 1.54) is 35.8 Å². The Hall–Kier alpha value is -4.70. The highest BCUT2D eigenvalue weighted by Crippen LogP contribution is 2.30. The Balaban J connectivity index is 0.000000188. The Bertz CT molecular complexity index is 1380. The summed E-state index contributed by atoms with van der Waals surface area (Å²) in [5, 5.41) is 5.22. The summed E-state index contributed by atoms with van der Waals surface area (Å²) in [6.07, 6.45) is -1.96. The van der Waals surface area contributed by atoms with Crippen molar-refractivity contribution in [3.8, 4) is 0 Å². The third-order valence-corrected chi connectivity index (χ3v) is 8.09. The summed E-state index contributed by atoms with van der Waals surface area (Å²) in [5.41, 5.74) is 1.90. The van der Waals surface area contributed by atoms with Gasteiger partial charge in [-0.25, -0.2) is 18.4 Å². The number of morpholine rings is 2. The molecule has 0 bridgehead atoms. The third-order valence-electron chi connectivity index (χ3n) is 8.09.